The molecular formula is C46H28N2O2. The Morgan fingerprint density at radius 1 is 0.380 bits per heavy atom. The maximum absolute atomic E-state index is 6.60. The van der Waals surface area contributed by atoms with Crippen LogP contribution in [0, 0.1) is 0 Å². The van der Waals surface area contributed by atoms with Gasteiger partial charge in [-0.05, 0) is 83.6 Å². The number of rotatable bonds is 4. The zero-order valence-electron chi connectivity index (χ0n) is 26.9. The molecule has 234 valence electrons. The van der Waals surface area contributed by atoms with E-state index in [2.05, 4.69) is 167 Å². The van der Waals surface area contributed by atoms with Crippen LogP contribution in [0.3, 0.4) is 0 Å². The average Bonchev–Trinajstić information content (AvgIpc) is 3.83. The smallest absolute Gasteiger partial charge is 0.137 e. The highest BCUT2D eigenvalue weighted by Crippen LogP contribution is 2.46. The second-order valence-corrected chi connectivity index (χ2v) is 13.0. The van der Waals surface area contributed by atoms with Crippen LogP contribution in [0.25, 0.3) is 82.1 Å². The van der Waals surface area contributed by atoms with Crippen LogP contribution in [-0.4, -0.2) is 4.57 Å². The van der Waals surface area contributed by atoms with Crippen LogP contribution in [0.1, 0.15) is 0 Å². The minimum atomic E-state index is 0.849. The highest BCUT2D eigenvalue weighted by atomic mass is 16.3. The summed E-state index contributed by atoms with van der Waals surface area (Å²) in [5.41, 5.74) is 9.98. The van der Waals surface area contributed by atoms with Crippen molar-refractivity contribution in [3.8, 4) is 5.69 Å². The van der Waals surface area contributed by atoms with Crippen molar-refractivity contribution in [2.45, 2.75) is 0 Å². The number of anilines is 3. The molecule has 0 saturated carbocycles. The van der Waals surface area contributed by atoms with Crippen LogP contribution in [-0.2, 0) is 0 Å². The lowest BCUT2D eigenvalue weighted by Crippen LogP contribution is -2.10. The van der Waals surface area contributed by atoms with Gasteiger partial charge in [0, 0.05) is 50.1 Å². The fourth-order valence-electron chi connectivity index (χ4n) is 7.91. The lowest BCUT2D eigenvalue weighted by Gasteiger charge is -2.26. The second kappa shape index (κ2) is 10.4. The summed E-state index contributed by atoms with van der Waals surface area (Å²) in [5, 5.41) is 9.18. The summed E-state index contributed by atoms with van der Waals surface area (Å²) in [6.07, 6.45) is 0. The Kier molecular flexibility index (Phi) is 5.63. The van der Waals surface area contributed by atoms with Gasteiger partial charge in [-0.25, -0.2) is 0 Å². The summed E-state index contributed by atoms with van der Waals surface area (Å²) < 4.78 is 15.4. The zero-order valence-corrected chi connectivity index (χ0v) is 26.9. The van der Waals surface area contributed by atoms with Crippen LogP contribution < -0.4 is 4.90 Å². The van der Waals surface area contributed by atoms with Gasteiger partial charge in [-0.2, -0.15) is 0 Å². The Morgan fingerprint density at radius 2 is 1.02 bits per heavy atom. The molecule has 0 radical (unpaired) electrons. The molecule has 3 heterocycles. The number of furan rings is 2. The van der Waals surface area contributed by atoms with E-state index < -0.39 is 0 Å². The van der Waals surface area contributed by atoms with E-state index in [1.807, 2.05) is 12.1 Å². The molecule has 0 aliphatic heterocycles. The first-order valence-electron chi connectivity index (χ1n) is 16.9. The Morgan fingerprint density at radius 3 is 1.90 bits per heavy atom. The van der Waals surface area contributed by atoms with Gasteiger partial charge in [-0.1, -0.05) is 91.0 Å². The molecule has 4 heteroatoms. The molecule has 0 spiro atoms. The van der Waals surface area contributed by atoms with Gasteiger partial charge >= 0.3 is 0 Å². The Balaban J connectivity index is 1.21. The number of para-hydroxylation sites is 3. The average molecular weight is 641 g/mol. The van der Waals surface area contributed by atoms with Crippen molar-refractivity contribution in [3.05, 3.63) is 170 Å². The Labute approximate surface area is 286 Å². The maximum atomic E-state index is 6.60. The van der Waals surface area contributed by atoms with E-state index in [1.54, 1.807) is 0 Å². The van der Waals surface area contributed by atoms with E-state index in [4.69, 9.17) is 8.83 Å². The van der Waals surface area contributed by atoms with Crippen molar-refractivity contribution in [3.63, 3.8) is 0 Å². The lowest BCUT2D eigenvalue weighted by atomic mass is 10.0. The summed E-state index contributed by atoms with van der Waals surface area (Å²) in [5.74, 6) is 0. The van der Waals surface area contributed by atoms with Crippen LogP contribution in [0.5, 0.6) is 0 Å². The van der Waals surface area contributed by atoms with Crippen LogP contribution in [0.4, 0.5) is 17.1 Å². The molecule has 11 rings (SSSR count). The van der Waals surface area contributed by atoms with Gasteiger partial charge in [-0.15, -0.1) is 0 Å². The van der Waals surface area contributed by atoms with Gasteiger partial charge in [0.05, 0.1) is 22.1 Å². The highest BCUT2D eigenvalue weighted by Gasteiger charge is 2.22. The van der Waals surface area contributed by atoms with Gasteiger partial charge in [-0.3, -0.25) is 0 Å². The zero-order chi connectivity index (χ0) is 32.8. The molecule has 8 aromatic carbocycles. The third-order valence-corrected chi connectivity index (χ3v) is 10.1. The molecule has 0 aliphatic carbocycles. The molecular weight excluding hydrogens is 613 g/mol. The first kappa shape index (κ1) is 27.2. The number of nitrogens with zero attached hydrogens (tertiary/aromatic N) is 2. The molecule has 3 aromatic heterocycles. The molecule has 0 fully saturated rings. The van der Waals surface area contributed by atoms with Crippen LogP contribution >= 0.6 is 0 Å². The minimum absolute atomic E-state index is 0.849. The van der Waals surface area contributed by atoms with E-state index in [0.717, 1.165) is 72.1 Å². The number of hydrogen-bond donors (Lipinski definition) is 0. The molecule has 4 nitrogen and oxygen atoms in total. The normalized spacial score (nSPS) is 12.0. The summed E-state index contributed by atoms with van der Waals surface area (Å²) in [4.78, 5) is 2.35. The van der Waals surface area contributed by atoms with Crippen molar-refractivity contribution >= 4 is 93.5 Å². The van der Waals surface area contributed by atoms with E-state index >= 15 is 0 Å². The van der Waals surface area contributed by atoms with Crippen LogP contribution in [0.2, 0.25) is 0 Å². The third-order valence-electron chi connectivity index (χ3n) is 10.1. The van der Waals surface area contributed by atoms with E-state index in [1.165, 1.54) is 27.1 Å². The number of hydrogen-bond acceptors (Lipinski definition) is 3. The molecule has 0 N–H and O–H groups in total. The molecule has 0 atom stereocenters. The van der Waals surface area contributed by atoms with Gasteiger partial charge in [0.2, 0.25) is 0 Å². The monoisotopic (exact) mass is 640 g/mol. The van der Waals surface area contributed by atoms with Crippen molar-refractivity contribution in [2.75, 3.05) is 4.90 Å². The van der Waals surface area contributed by atoms with Crippen molar-refractivity contribution in [2.24, 2.45) is 0 Å². The summed E-state index contributed by atoms with van der Waals surface area (Å²) in [7, 11) is 0. The summed E-state index contributed by atoms with van der Waals surface area (Å²) >= 11 is 0. The van der Waals surface area contributed by atoms with Gasteiger partial charge in [0.1, 0.15) is 22.3 Å². The predicted molar refractivity (Wildman–Crippen MR) is 208 cm³/mol. The number of aromatic nitrogens is 1. The van der Waals surface area contributed by atoms with Gasteiger partial charge in [0.15, 0.2) is 0 Å². The largest absolute Gasteiger partial charge is 0.456 e. The van der Waals surface area contributed by atoms with Crippen molar-refractivity contribution < 1.29 is 8.83 Å². The standard InChI is InChI=1S/C46H28N2O2/c1-2-13-31(14-3-1)48-39-17-8-6-15-34(39)35-23-21-32(27-41(35)48)47(40-18-10-20-43-46(40)37-16-7-9-19-42(37)49-43)33-22-24-36-38-25-29-11-4-5-12-30(29)26-44(38)50-45(36)28-33/h1-28H. The highest BCUT2D eigenvalue weighted by molar-refractivity contribution is 6.16. The van der Waals surface area contributed by atoms with E-state index in [-0.39, 0.29) is 0 Å². The SMILES string of the molecule is c1ccc(-n2c3ccccc3c3ccc(N(c4ccc5c(c4)oc4cc6ccccc6cc45)c4cccc5oc6ccccc6c45)cc32)cc1. The second-order valence-electron chi connectivity index (χ2n) is 13.0. The van der Waals surface area contributed by atoms with Crippen LogP contribution in [0.15, 0.2) is 179 Å². The maximum Gasteiger partial charge on any atom is 0.137 e. The topological polar surface area (TPSA) is 34.5 Å². The fraction of sp³-hybridized carbons (Fsp3) is 0. The molecule has 0 saturated heterocycles. The molecule has 11 aromatic rings. The van der Waals surface area contributed by atoms with Gasteiger partial charge < -0.3 is 18.3 Å². The first-order chi connectivity index (χ1) is 24.8. The fourth-order valence-corrected chi connectivity index (χ4v) is 7.91. The number of benzene rings is 8. The van der Waals surface area contributed by atoms with Crippen molar-refractivity contribution in [1.82, 2.24) is 4.57 Å². The predicted octanol–water partition coefficient (Wildman–Crippen LogP) is 13.2. The quantitative estimate of drug-likeness (QED) is 0.192. The van der Waals surface area contributed by atoms with Crippen molar-refractivity contribution in [1.29, 1.82) is 0 Å². The molecule has 0 unspecified atom stereocenters. The summed E-state index contributed by atoms with van der Waals surface area (Å²) in [6.45, 7) is 0. The number of fused-ring (bicyclic) bond motifs is 10. The van der Waals surface area contributed by atoms with E-state index in [0.29, 0.717) is 0 Å². The Bertz CT molecular complexity index is 3110. The molecule has 0 aliphatic rings. The summed E-state index contributed by atoms with van der Waals surface area (Å²) in [6, 6.07) is 60.1. The minimum Gasteiger partial charge on any atom is -0.456 e. The van der Waals surface area contributed by atoms with Gasteiger partial charge in [0.25, 0.3) is 0 Å². The molecule has 0 amide bonds. The third kappa shape index (κ3) is 3.93. The molecule has 50 heavy (non-hydrogen) atoms. The first-order valence-corrected chi connectivity index (χ1v) is 16.9. The lowest BCUT2D eigenvalue weighted by molar-refractivity contribution is 0.669. The van der Waals surface area contributed by atoms with E-state index in [9.17, 15) is 0 Å². The molecule has 0 bridgehead atoms. The Hall–Kier alpha value is -6.78.